The second-order valence-electron chi connectivity index (χ2n) is 8.61. The molecule has 1 heterocycles. The van der Waals surface area contributed by atoms with Crippen molar-refractivity contribution in [1.82, 2.24) is 10.3 Å². The Kier molecular flexibility index (Phi) is 5.31. The van der Waals surface area contributed by atoms with Crippen LogP contribution in [-0.2, 0) is 0 Å². The monoisotopic (exact) mass is 370 g/mol. The van der Waals surface area contributed by atoms with Gasteiger partial charge in [-0.15, -0.1) is 0 Å². The van der Waals surface area contributed by atoms with Crippen molar-refractivity contribution in [3.8, 4) is 5.75 Å². The summed E-state index contributed by atoms with van der Waals surface area (Å²) in [6.07, 6.45) is 6.04. The van der Waals surface area contributed by atoms with Gasteiger partial charge in [0, 0.05) is 11.6 Å². The summed E-state index contributed by atoms with van der Waals surface area (Å²) >= 11 is 0. The van der Waals surface area contributed by atoms with Gasteiger partial charge in [-0.3, -0.25) is 9.59 Å². The van der Waals surface area contributed by atoms with Gasteiger partial charge in [-0.05, 0) is 61.1 Å². The highest BCUT2D eigenvalue weighted by atomic mass is 16.5. The van der Waals surface area contributed by atoms with E-state index in [-0.39, 0.29) is 22.6 Å². The van der Waals surface area contributed by atoms with Gasteiger partial charge in [0.15, 0.2) is 0 Å². The first-order chi connectivity index (χ1) is 12.8. The normalized spacial score (nSPS) is 18.2. The molecule has 0 radical (unpaired) electrons. The minimum atomic E-state index is -0.365. The van der Waals surface area contributed by atoms with Gasteiger partial charge in [0.1, 0.15) is 11.3 Å². The maximum Gasteiger partial charge on any atom is 0.261 e. The van der Waals surface area contributed by atoms with Crippen LogP contribution in [0.4, 0.5) is 0 Å². The van der Waals surface area contributed by atoms with E-state index < -0.39 is 0 Å². The first kappa shape index (κ1) is 19.5. The molecule has 1 aromatic carbocycles. The van der Waals surface area contributed by atoms with E-state index >= 15 is 0 Å². The van der Waals surface area contributed by atoms with Crippen LogP contribution in [-0.4, -0.2) is 23.5 Å². The summed E-state index contributed by atoms with van der Waals surface area (Å²) in [5.74, 6) is 0.393. The Morgan fingerprint density at radius 3 is 2.52 bits per heavy atom. The van der Waals surface area contributed by atoms with Crippen LogP contribution in [0.25, 0.3) is 10.9 Å². The van der Waals surface area contributed by atoms with Crippen LogP contribution in [0, 0.1) is 5.41 Å². The van der Waals surface area contributed by atoms with Gasteiger partial charge in [0.05, 0.1) is 12.6 Å². The van der Waals surface area contributed by atoms with E-state index in [1.165, 1.54) is 0 Å². The fourth-order valence-corrected chi connectivity index (χ4v) is 4.11. The number of hydrogen-bond donors (Lipinski definition) is 2. The SMILES string of the molecule is CCCC1(NC(=O)c2cc3ccc(OC)cc3[nH]c2=O)CCC(C)(C)CC1. The smallest absolute Gasteiger partial charge is 0.261 e. The summed E-state index contributed by atoms with van der Waals surface area (Å²) in [7, 11) is 1.58. The number of fused-ring (bicyclic) bond motifs is 1. The number of pyridine rings is 1. The number of aromatic amines is 1. The van der Waals surface area contributed by atoms with Crippen LogP contribution in [0.3, 0.4) is 0 Å². The summed E-state index contributed by atoms with van der Waals surface area (Å²) in [5.41, 5.74) is 0.590. The molecule has 0 aliphatic heterocycles. The molecule has 2 aromatic rings. The number of H-pyrrole nitrogens is 1. The molecule has 146 valence electrons. The van der Waals surface area contributed by atoms with Crippen LogP contribution < -0.4 is 15.6 Å². The van der Waals surface area contributed by atoms with Gasteiger partial charge in [0.25, 0.3) is 11.5 Å². The van der Waals surface area contributed by atoms with Gasteiger partial charge in [0.2, 0.25) is 0 Å². The minimum absolute atomic E-state index is 0.174. The van der Waals surface area contributed by atoms with Gasteiger partial charge in [-0.25, -0.2) is 0 Å². The minimum Gasteiger partial charge on any atom is -0.497 e. The third-order valence-corrected chi connectivity index (χ3v) is 5.97. The highest BCUT2D eigenvalue weighted by molar-refractivity contribution is 5.97. The molecule has 1 aromatic heterocycles. The molecule has 0 spiro atoms. The Morgan fingerprint density at radius 2 is 1.89 bits per heavy atom. The van der Waals surface area contributed by atoms with Gasteiger partial charge < -0.3 is 15.0 Å². The number of ether oxygens (including phenoxy) is 1. The average Bonchev–Trinajstić information content (AvgIpc) is 2.63. The number of methoxy groups -OCH3 is 1. The third-order valence-electron chi connectivity index (χ3n) is 5.97. The summed E-state index contributed by atoms with van der Waals surface area (Å²) < 4.78 is 5.20. The lowest BCUT2D eigenvalue weighted by Gasteiger charge is -2.44. The summed E-state index contributed by atoms with van der Waals surface area (Å²) in [4.78, 5) is 28.3. The van der Waals surface area contributed by atoms with Crippen molar-refractivity contribution in [3.63, 3.8) is 0 Å². The van der Waals surface area contributed by atoms with Crippen LogP contribution in [0.2, 0.25) is 0 Å². The zero-order valence-corrected chi connectivity index (χ0v) is 16.8. The van der Waals surface area contributed by atoms with E-state index in [1.807, 2.05) is 12.1 Å². The predicted octanol–water partition coefficient (Wildman–Crippen LogP) is 4.41. The number of carbonyl (C=O) groups excluding carboxylic acids is 1. The van der Waals surface area contributed by atoms with Crippen molar-refractivity contribution in [2.75, 3.05) is 7.11 Å². The fourth-order valence-electron chi connectivity index (χ4n) is 4.11. The topological polar surface area (TPSA) is 71.2 Å². The maximum atomic E-state index is 13.0. The molecule has 0 atom stereocenters. The zero-order valence-electron chi connectivity index (χ0n) is 16.8. The van der Waals surface area contributed by atoms with Crippen LogP contribution in [0.1, 0.15) is 69.7 Å². The van der Waals surface area contributed by atoms with Crippen molar-refractivity contribution in [3.05, 3.63) is 40.2 Å². The van der Waals surface area contributed by atoms with Crippen molar-refractivity contribution in [2.45, 2.75) is 64.8 Å². The Balaban J connectivity index is 1.88. The molecular weight excluding hydrogens is 340 g/mol. The molecule has 1 saturated carbocycles. The number of carbonyl (C=O) groups is 1. The number of benzene rings is 1. The lowest BCUT2D eigenvalue weighted by molar-refractivity contribution is 0.0780. The van der Waals surface area contributed by atoms with Crippen LogP contribution in [0.15, 0.2) is 29.1 Å². The van der Waals surface area contributed by atoms with Crippen molar-refractivity contribution in [2.24, 2.45) is 5.41 Å². The Bertz CT molecular complexity index is 888. The summed E-state index contributed by atoms with van der Waals surface area (Å²) in [5, 5.41) is 4.05. The van der Waals surface area contributed by atoms with Gasteiger partial charge >= 0.3 is 0 Å². The molecule has 0 unspecified atom stereocenters. The third kappa shape index (κ3) is 4.18. The average molecular weight is 370 g/mol. The lowest BCUT2D eigenvalue weighted by Crippen LogP contribution is -2.52. The van der Waals surface area contributed by atoms with E-state index in [0.29, 0.717) is 16.7 Å². The first-order valence-corrected chi connectivity index (χ1v) is 9.81. The number of hydrogen-bond acceptors (Lipinski definition) is 3. The number of amides is 1. The van der Waals surface area contributed by atoms with Crippen molar-refractivity contribution < 1.29 is 9.53 Å². The van der Waals surface area contributed by atoms with Crippen LogP contribution >= 0.6 is 0 Å². The van der Waals surface area contributed by atoms with Gasteiger partial charge in [-0.1, -0.05) is 27.2 Å². The van der Waals surface area contributed by atoms with Crippen molar-refractivity contribution in [1.29, 1.82) is 0 Å². The molecule has 5 nitrogen and oxygen atoms in total. The molecule has 0 saturated heterocycles. The Labute approximate surface area is 160 Å². The highest BCUT2D eigenvalue weighted by Gasteiger charge is 2.39. The summed E-state index contributed by atoms with van der Waals surface area (Å²) in [6.45, 7) is 6.71. The molecule has 27 heavy (non-hydrogen) atoms. The molecule has 1 amide bonds. The molecular formula is C22H30N2O3. The molecule has 2 N–H and O–H groups in total. The molecule has 3 rings (SSSR count). The van der Waals surface area contributed by atoms with E-state index in [9.17, 15) is 9.59 Å². The second-order valence-corrected chi connectivity index (χ2v) is 8.61. The standard InChI is InChI=1S/C22H30N2O3/c1-5-8-22(11-9-21(2,3)10-12-22)24-20(26)17-13-15-6-7-16(27-4)14-18(15)23-19(17)25/h6-7,13-14H,5,8-12H2,1-4H3,(H,23,25)(H,24,26). The predicted molar refractivity (Wildman–Crippen MR) is 108 cm³/mol. The molecule has 1 aliphatic carbocycles. The molecule has 1 fully saturated rings. The fraction of sp³-hybridized carbons (Fsp3) is 0.545. The number of aromatic nitrogens is 1. The van der Waals surface area contributed by atoms with E-state index in [2.05, 4.69) is 31.1 Å². The maximum absolute atomic E-state index is 13.0. The quantitative estimate of drug-likeness (QED) is 0.819. The Morgan fingerprint density at radius 1 is 1.19 bits per heavy atom. The lowest BCUT2D eigenvalue weighted by atomic mass is 9.68. The van der Waals surface area contributed by atoms with E-state index in [4.69, 9.17) is 4.74 Å². The van der Waals surface area contributed by atoms with E-state index in [0.717, 1.165) is 43.9 Å². The van der Waals surface area contributed by atoms with Crippen LogP contribution in [0.5, 0.6) is 5.75 Å². The molecule has 5 heteroatoms. The highest BCUT2D eigenvalue weighted by Crippen LogP contribution is 2.42. The number of rotatable bonds is 5. The second kappa shape index (κ2) is 7.37. The molecule has 1 aliphatic rings. The van der Waals surface area contributed by atoms with E-state index in [1.54, 1.807) is 19.2 Å². The molecule has 0 bridgehead atoms. The number of nitrogens with one attached hydrogen (secondary N) is 2. The Hall–Kier alpha value is -2.30. The summed E-state index contributed by atoms with van der Waals surface area (Å²) in [6, 6.07) is 7.12. The largest absolute Gasteiger partial charge is 0.497 e. The zero-order chi connectivity index (χ0) is 19.7. The first-order valence-electron chi connectivity index (χ1n) is 9.81. The van der Waals surface area contributed by atoms with Gasteiger partial charge in [-0.2, -0.15) is 0 Å². The van der Waals surface area contributed by atoms with Crippen molar-refractivity contribution >= 4 is 16.8 Å².